The van der Waals surface area contributed by atoms with Crippen LogP contribution in [0.4, 0.5) is 5.69 Å². The van der Waals surface area contributed by atoms with Crippen LogP contribution in [-0.4, -0.2) is 149 Å². The average molecular weight is 678 g/mol. The highest BCUT2D eigenvalue weighted by Gasteiger charge is 2.04. The van der Waals surface area contributed by atoms with Gasteiger partial charge in [-0.2, -0.15) is 0 Å². The molecule has 0 unspecified atom stereocenters. The summed E-state index contributed by atoms with van der Waals surface area (Å²) in [6.45, 7) is 8.79. The Balaban J connectivity index is 1.65. The van der Waals surface area contributed by atoms with Gasteiger partial charge >= 0.3 is 11.9 Å². The van der Waals surface area contributed by atoms with Crippen molar-refractivity contribution in [3.8, 4) is 5.75 Å². The fourth-order valence-electron chi connectivity index (χ4n) is 3.52. The van der Waals surface area contributed by atoms with E-state index >= 15 is 0 Å². The summed E-state index contributed by atoms with van der Waals surface area (Å²) in [5.41, 5.74) is 6.42. The number of hydrogen-bond donors (Lipinski definition) is 2. The van der Waals surface area contributed by atoms with Crippen LogP contribution in [0.1, 0.15) is 25.7 Å². The van der Waals surface area contributed by atoms with Gasteiger partial charge in [0.15, 0.2) is 0 Å². The van der Waals surface area contributed by atoms with E-state index in [0.717, 1.165) is 0 Å². The first-order valence-electron chi connectivity index (χ1n) is 16.1. The summed E-state index contributed by atoms with van der Waals surface area (Å²) in [5, 5.41) is 8.55. The molecule has 0 aliphatic carbocycles. The summed E-state index contributed by atoms with van der Waals surface area (Å²) in [6, 6.07) is 7.35. The number of carbonyl (C=O) groups excluding carboxylic acids is 1. The van der Waals surface area contributed by atoms with Crippen molar-refractivity contribution in [2.45, 2.75) is 25.7 Å². The third-order valence-electron chi connectivity index (χ3n) is 5.89. The number of ether oxygens (including phenoxy) is 11. The zero-order valence-corrected chi connectivity index (χ0v) is 27.6. The molecule has 1 rings (SSSR count). The lowest BCUT2D eigenvalue weighted by atomic mass is 10.2. The van der Waals surface area contributed by atoms with E-state index in [1.54, 1.807) is 6.07 Å². The molecule has 15 nitrogen and oxygen atoms in total. The van der Waals surface area contributed by atoms with Gasteiger partial charge in [-0.15, -0.1) is 0 Å². The number of anilines is 1. The SMILES string of the molecule is Nc1ccccc1OCCOCCOCCOCCOCCOCCOCCOCCOCCOCCOC(=O)CCCCC(=O)O. The minimum absolute atomic E-state index is 0.0590. The second kappa shape index (κ2) is 33.3. The lowest BCUT2D eigenvalue weighted by Crippen LogP contribution is -2.15. The number of benzene rings is 1. The van der Waals surface area contributed by atoms with Crippen molar-refractivity contribution in [3.63, 3.8) is 0 Å². The molecule has 3 N–H and O–H groups in total. The molecule has 1 aromatic rings. The van der Waals surface area contributed by atoms with E-state index in [9.17, 15) is 9.59 Å². The van der Waals surface area contributed by atoms with Crippen molar-refractivity contribution in [3.05, 3.63) is 24.3 Å². The summed E-state index contributed by atoms with van der Waals surface area (Å²) < 4.78 is 59.5. The molecule has 0 radical (unpaired) electrons. The first kappa shape index (κ1) is 42.4. The number of para-hydroxylation sites is 2. The van der Waals surface area contributed by atoms with Crippen molar-refractivity contribution in [1.29, 1.82) is 0 Å². The van der Waals surface area contributed by atoms with Crippen molar-refractivity contribution in [2.24, 2.45) is 0 Å². The van der Waals surface area contributed by atoms with Gasteiger partial charge in [0.2, 0.25) is 0 Å². The Morgan fingerprint density at radius 3 is 1.21 bits per heavy atom. The number of nitrogens with two attached hydrogens (primary N) is 1. The molecular weight excluding hydrogens is 622 g/mol. The Bertz CT molecular complexity index is 863. The number of carbonyl (C=O) groups is 2. The van der Waals surface area contributed by atoms with E-state index in [4.69, 9.17) is 62.9 Å². The normalized spacial score (nSPS) is 11.1. The molecule has 1 aromatic carbocycles. The van der Waals surface area contributed by atoms with Crippen molar-refractivity contribution >= 4 is 17.6 Å². The molecule has 0 aromatic heterocycles. The van der Waals surface area contributed by atoms with Crippen LogP contribution in [0.2, 0.25) is 0 Å². The minimum Gasteiger partial charge on any atom is -0.489 e. The van der Waals surface area contributed by atoms with Crippen LogP contribution in [0.5, 0.6) is 5.75 Å². The predicted octanol–water partition coefficient (Wildman–Crippen LogP) is 1.99. The Morgan fingerprint density at radius 1 is 0.489 bits per heavy atom. The molecule has 0 saturated carbocycles. The van der Waals surface area contributed by atoms with Crippen LogP contribution in [0, 0.1) is 0 Å². The van der Waals surface area contributed by atoms with E-state index in [1.165, 1.54) is 0 Å². The quantitative estimate of drug-likeness (QED) is 0.0597. The second-order valence-electron chi connectivity index (χ2n) is 9.72. The Morgan fingerprint density at radius 2 is 0.830 bits per heavy atom. The molecule has 0 amide bonds. The number of rotatable bonds is 36. The van der Waals surface area contributed by atoms with Gasteiger partial charge in [0.1, 0.15) is 19.0 Å². The lowest BCUT2D eigenvalue weighted by molar-refractivity contribution is -0.146. The molecule has 0 atom stereocenters. The molecule has 0 aliphatic rings. The largest absolute Gasteiger partial charge is 0.489 e. The van der Waals surface area contributed by atoms with E-state index in [-0.39, 0.29) is 32.0 Å². The summed E-state index contributed by atoms with van der Waals surface area (Å²) in [4.78, 5) is 21.9. The van der Waals surface area contributed by atoms with Crippen LogP contribution in [0.15, 0.2) is 24.3 Å². The van der Waals surface area contributed by atoms with Gasteiger partial charge in [0, 0.05) is 12.8 Å². The molecule has 0 bridgehead atoms. The summed E-state index contributed by atoms with van der Waals surface area (Å²) in [5.74, 6) is -0.552. The third kappa shape index (κ3) is 30.5. The maximum Gasteiger partial charge on any atom is 0.305 e. The van der Waals surface area contributed by atoms with Crippen LogP contribution in [0.25, 0.3) is 0 Å². The molecule has 47 heavy (non-hydrogen) atoms. The summed E-state index contributed by atoms with van der Waals surface area (Å²) in [7, 11) is 0. The molecule has 0 spiro atoms. The highest BCUT2D eigenvalue weighted by atomic mass is 16.6. The van der Waals surface area contributed by atoms with E-state index in [1.807, 2.05) is 18.2 Å². The van der Waals surface area contributed by atoms with Gasteiger partial charge in [0.25, 0.3) is 0 Å². The van der Waals surface area contributed by atoms with Crippen molar-refractivity contribution < 1.29 is 66.8 Å². The fourth-order valence-corrected chi connectivity index (χ4v) is 3.52. The van der Waals surface area contributed by atoms with Gasteiger partial charge in [-0.05, 0) is 25.0 Å². The van der Waals surface area contributed by atoms with Gasteiger partial charge in [0.05, 0.1) is 125 Å². The van der Waals surface area contributed by atoms with E-state index in [0.29, 0.717) is 143 Å². The highest BCUT2D eigenvalue weighted by Crippen LogP contribution is 2.19. The zero-order chi connectivity index (χ0) is 33.9. The molecule has 0 saturated heterocycles. The maximum absolute atomic E-state index is 11.5. The van der Waals surface area contributed by atoms with E-state index < -0.39 is 5.97 Å². The predicted molar refractivity (Wildman–Crippen MR) is 171 cm³/mol. The monoisotopic (exact) mass is 677 g/mol. The third-order valence-corrected chi connectivity index (χ3v) is 5.89. The van der Waals surface area contributed by atoms with Crippen LogP contribution in [0.3, 0.4) is 0 Å². The minimum atomic E-state index is -0.864. The number of carboxylic acids is 1. The standard InChI is InChI=1S/C32H55NO14/c33-29-5-1-2-6-30(29)46-27-25-44-23-21-42-19-17-40-15-13-38-11-9-37-10-12-39-14-16-41-18-20-43-22-24-45-26-28-47-32(36)8-4-3-7-31(34)35/h1-2,5-6H,3-4,7-28,33H2,(H,34,35). The number of aliphatic carboxylic acids is 1. The van der Waals surface area contributed by atoms with Crippen LogP contribution < -0.4 is 10.5 Å². The van der Waals surface area contributed by atoms with Gasteiger partial charge < -0.3 is 62.9 Å². The van der Waals surface area contributed by atoms with Gasteiger partial charge in [-0.25, -0.2) is 0 Å². The van der Waals surface area contributed by atoms with Crippen molar-refractivity contribution in [1.82, 2.24) is 0 Å². The fraction of sp³-hybridized carbons (Fsp3) is 0.750. The first-order chi connectivity index (χ1) is 23.1. The van der Waals surface area contributed by atoms with Crippen molar-refractivity contribution in [2.75, 3.05) is 138 Å². The number of hydrogen-bond acceptors (Lipinski definition) is 14. The van der Waals surface area contributed by atoms with Gasteiger partial charge in [-0.3, -0.25) is 9.59 Å². The zero-order valence-electron chi connectivity index (χ0n) is 27.6. The first-order valence-corrected chi connectivity index (χ1v) is 16.1. The maximum atomic E-state index is 11.5. The van der Waals surface area contributed by atoms with Gasteiger partial charge in [-0.1, -0.05) is 12.1 Å². The Labute approximate surface area is 278 Å². The number of nitrogen functional groups attached to an aromatic ring is 1. The summed E-state index contributed by atoms with van der Waals surface area (Å²) >= 11 is 0. The second-order valence-corrected chi connectivity index (χ2v) is 9.72. The smallest absolute Gasteiger partial charge is 0.305 e. The molecule has 0 heterocycles. The van der Waals surface area contributed by atoms with E-state index in [2.05, 4.69) is 0 Å². The molecule has 272 valence electrons. The number of esters is 1. The number of unbranched alkanes of at least 4 members (excludes halogenated alkanes) is 1. The average Bonchev–Trinajstić information content (AvgIpc) is 3.06. The number of carboxylic acid groups (broad SMARTS) is 1. The Hall–Kier alpha value is -2.60. The lowest BCUT2D eigenvalue weighted by Gasteiger charge is -2.09. The molecular formula is C32H55NO14. The molecule has 15 heteroatoms. The summed E-state index contributed by atoms with van der Waals surface area (Å²) in [6.07, 6.45) is 1.23. The Kier molecular flexibility index (Phi) is 30.1. The van der Waals surface area contributed by atoms with Crippen LogP contribution >= 0.6 is 0 Å². The molecule has 0 aliphatic heterocycles. The highest BCUT2D eigenvalue weighted by molar-refractivity contribution is 5.69. The van der Waals surface area contributed by atoms with Crippen LogP contribution in [-0.2, 0) is 57.0 Å². The molecule has 0 fully saturated rings. The topological polar surface area (TPSA) is 182 Å².